The van der Waals surface area contributed by atoms with Crippen LogP contribution in [0.4, 0.5) is 16.2 Å². The Bertz CT molecular complexity index is 784. The third-order valence-corrected chi connectivity index (χ3v) is 3.31. The van der Waals surface area contributed by atoms with Crippen molar-refractivity contribution in [2.24, 2.45) is 0 Å². The first kappa shape index (κ1) is 15.8. The number of nitrogen functional groups attached to an aromatic ring is 1. The fraction of sp³-hybridized carbons (Fsp3) is 0.267. The standard InChI is InChI=1S/C15H15FN4O4/c1-22-11(21)7-18-14-12(16)13(19-15(17)20-14)8-2-3-9-10(6-8)24-5-4-23-9/h2-3,6H,4-5,7H2,1H3,(H3,17,18,19,20). The van der Waals surface area contributed by atoms with Gasteiger partial charge in [0.2, 0.25) is 5.95 Å². The fourth-order valence-corrected chi connectivity index (χ4v) is 2.19. The predicted octanol–water partition coefficient (Wildman–Crippen LogP) is 1.22. The van der Waals surface area contributed by atoms with Crippen molar-refractivity contribution in [1.82, 2.24) is 9.97 Å². The number of benzene rings is 1. The second-order valence-corrected chi connectivity index (χ2v) is 4.88. The van der Waals surface area contributed by atoms with Crippen molar-refractivity contribution in [2.45, 2.75) is 0 Å². The number of fused-ring (bicyclic) bond motifs is 1. The molecule has 126 valence electrons. The number of hydrogen-bond acceptors (Lipinski definition) is 8. The lowest BCUT2D eigenvalue weighted by molar-refractivity contribution is -0.138. The number of hydrogen-bond donors (Lipinski definition) is 2. The Morgan fingerprint density at radius 1 is 1.33 bits per heavy atom. The Labute approximate surface area is 136 Å². The number of esters is 1. The first-order valence-electron chi connectivity index (χ1n) is 7.12. The molecule has 8 nitrogen and oxygen atoms in total. The summed E-state index contributed by atoms with van der Waals surface area (Å²) in [5.41, 5.74) is 6.08. The van der Waals surface area contributed by atoms with Gasteiger partial charge in [-0.1, -0.05) is 0 Å². The molecule has 3 N–H and O–H groups in total. The molecule has 1 aromatic heterocycles. The molecule has 1 aliphatic heterocycles. The molecule has 0 atom stereocenters. The molecule has 0 bridgehead atoms. The molecular formula is C15H15FN4O4. The number of carbonyl (C=O) groups is 1. The maximum atomic E-state index is 14.7. The van der Waals surface area contributed by atoms with E-state index in [0.717, 1.165) is 0 Å². The molecular weight excluding hydrogens is 319 g/mol. The SMILES string of the molecule is COC(=O)CNc1nc(N)nc(-c2ccc3c(c2)OCCO3)c1F. The summed E-state index contributed by atoms with van der Waals surface area (Å²) in [6.45, 7) is 0.629. The molecule has 1 aliphatic rings. The normalized spacial score (nSPS) is 12.6. The number of nitrogens with one attached hydrogen (secondary N) is 1. The van der Waals surface area contributed by atoms with E-state index in [4.69, 9.17) is 15.2 Å². The third-order valence-electron chi connectivity index (χ3n) is 3.31. The predicted molar refractivity (Wildman–Crippen MR) is 83.3 cm³/mol. The van der Waals surface area contributed by atoms with E-state index in [0.29, 0.717) is 30.3 Å². The lowest BCUT2D eigenvalue weighted by atomic mass is 10.1. The number of anilines is 2. The van der Waals surface area contributed by atoms with Crippen molar-refractivity contribution in [3.63, 3.8) is 0 Å². The molecule has 0 saturated heterocycles. The van der Waals surface area contributed by atoms with E-state index >= 15 is 0 Å². The van der Waals surface area contributed by atoms with Crippen molar-refractivity contribution in [3.05, 3.63) is 24.0 Å². The van der Waals surface area contributed by atoms with Crippen LogP contribution in [0.3, 0.4) is 0 Å². The van der Waals surface area contributed by atoms with Gasteiger partial charge >= 0.3 is 5.97 Å². The van der Waals surface area contributed by atoms with Crippen molar-refractivity contribution in [2.75, 3.05) is 37.9 Å². The minimum atomic E-state index is -0.732. The summed E-state index contributed by atoms with van der Waals surface area (Å²) in [6, 6.07) is 4.93. The van der Waals surface area contributed by atoms with Crippen LogP contribution in [0.25, 0.3) is 11.3 Å². The topological polar surface area (TPSA) is 109 Å². The van der Waals surface area contributed by atoms with E-state index in [1.54, 1.807) is 18.2 Å². The van der Waals surface area contributed by atoms with Crippen molar-refractivity contribution in [3.8, 4) is 22.8 Å². The van der Waals surface area contributed by atoms with Crippen LogP contribution in [0.15, 0.2) is 18.2 Å². The molecule has 0 spiro atoms. The number of nitrogens with zero attached hydrogens (tertiary/aromatic N) is 2. The van der Waals surface area contributed by atoms with Gasteiger partial charge in [-0.05, 0) is 18.2 Å². The maximum Gasteiger partial charge on any atom is 0.325 e. The number of nitrogens with two attached hydrogens (primary N) is 1. The lowest BCUT2D eigenvalue weighted by Crippen LogP contribution is -2.18. The zero-order valence-corrected chi connectivity index (χ0v) is 12.8. The first-order chi connectivity index (χ1) is 11.6. The molecule has 0 radical (unpaired) electrons. The largest absolute Gasteiger partial charge is 0.486 e. The second-order valence-electron chi connectivity index (χ2n) is 4.88. The maximum absolute atomic E-state index is 14.7. The highest BCUT2D eigenvalue weighted by molar-refractivity contribution is 5.75. The summed E-state index contributed by atoms with van der Waals surface area (Å²) in [5.74, 6) is -0.528. The van der Waals surface area contributed by atoms with Gasteiger partial charge in [0.05, 0.1) is 7.11 Å². The number of ether oxygens (including phenoxy) is 3. The van der Waals surface area contributed by atoms with Gasteiger partial charge < -0.3 is 25.3 Å². The van der Waals surface area contributed by atoms with Crippen molar-refractivity contribution in [1.29, 1.82) is 0 Å². The Morgan fingerprint density at radius 2 is 2.08 bits per heavy atom. The highest BCUT2D eigenvalue weighted by Gasteiger charge is 2.19. The van der Waals surface area contributed by atoms with E-state index in [1.165, 1.54) is 7.11 Å². The Kier molecular flexibility index (Phi) is 4.32. The molecule has 2 aromatic rings. The molecule has 0 amide bonds. The van der Waals surface area contributed by atoms with Gasteiger partial charge in [0, 0.05) is 5.56 Å². The molecule has 0 fully saturated rings. The average molecular weight is 334 g/mol. The highest BCUT2D eigenvalue weighted by Crippen LogP contribution is 2.35. The lowest BCUT2D eigenvalue weighted by Gasteiger charge is -2.19. The monoisotopic (exact) mass is 334 g/mol. The molecule has 0 aliphatic carbocycles. The van der Waals surface area contributed by atoms with E-state index in [2.05, 4.69) is 20.0 Å². The summed E-state index contributed by atoms with van der Waals surface area (Å²) >= 11 is 0. The second kappa shape index (κ2) is 6.57. The zero-order valence-electron chi connectivity index (χ0n) is 12.8. The number of aromatic nitrogens is 2. The summed E-state index contributed by atoms with van der Waals surface area (Å²) in [4.78, 5) is 18.9. The molecule has 24 heavy (non-hydrogen) atoms. The Balaban J connectivity index is 1.95. The van der Waals surface area contributed by atoms with Crippen LogP contribution in [0, 0.1) is 5.82 Å². The quantitative estimate of drug-likeness (QED) is 0.804. The number of rotatable bonds is 4. The van der Waals surface area contributed by atoms with Gasteiger partial charge in [-0.15, -0.1) is 0 Å². The van der Waals surface area contributed by atoms with Gasteiger partial charge in [-0.2, -0.15) is 4.98 Å². The first-order valence-corrected chi connectivity index (χ1v) is 7.12. The molecule has 9 heteroatoms. The number of carbonyl (C=O) groups excluding carboxylic acids is 1. The Morgan fingerprint density at radius 3 is 2.83 bits per heavy atom. The van der Waals surface area contributed by atoms with E-state index in [1.807, 2.05) is 0 Å². The molecule has 3 rings (SSSR count). The van der Waals surface area contributed by atoms with Crippen LogP contribution in [0.2, 0.25) is 0 Å². The zero-order chi connectivity index (χ0) is 17.1. The van der Waals surface area contributed by atoms with Gasteiger partial charge in [-0.3, -0.25) is 4.79 Å². The van der Waals surface area contributed by atoms with Crippen LogP contribution < -0.4 is 20.5 Å². The van der Waals surface area contributed by atoms with Gasteiger partial charge in [-0.25, -0.2) is 9.37 Å². The average Bonchev–Trinajstić information content (AvgIpc) is 2.61. The summed E-state index contributed by atoms with van der Waals surface area (Å²) in [7, 11) is 1.23. The molecule has 0 unspecified atom stereocenters. The number of halogens is 1. The molecule has 1 aromatic carbocycles. The summed E-state index contributed by atoms with van der Waals surface area (Å²) in [5, 5.41) is 2.54. The van der Waals surface area contributed by atoms with E-state index in [9.17, 15) is 9.18 Å². The van der Waals surface area contributed by atoms with Crippen LogP contribution in [0.5, 0.6) is 11.5 Å². The van der Waals surface area contributed by atoms with Crippen molar-refractivity contribution < 1.29 is 23.4 Å². The summed E-state index contributed by atoms with van der Waals surface area (Å²) in [6.07, 6.45) is 0. The van der Waals surface area contributed by atoms with Crippen LogP contribution in [-0.2, 0) is 9.53 Å². The van der Waals surface area contributed by atoms with E-state index < -0.39 is 11.8 Å². The van der Waals surface area contributed by atoms with Crippen LogP contribution >= 0.6 is 0 Å². The Hall–Kier alpha value is -3.10. The van der Waals surface area contributed by atoms with Crippen molar-refractivity contribution >= 4 is 17.7 Å². The smallest absolute Gasteiger partial charge is 0.325 e. The van der Waals surface area contributed by atoms with Crippen LogP contribution in [-0.4, -0.2) is 42.8 Å². The molecule has 0 saturated carbocycles. The van der Waals surface area contributed by atoms with Gasteiger partial charge in [0.25, 0.3) is 0 Å². The molecule has 2 heterocycles. The number of methoxy groups -OCH3 is 1. The fourth-order valence-electron chi connectivity index (χ4n) is 2.19. The highest BCUT2D eigenvalue weighted by atomic mass is 19.1. The minimum Gasteiger partial charge on any atom is -0.486 e. The van der Waals surface area contributed by atoms with Gasteiger partial charge in [0.15, 0.2) is 23.1 Å². The van der Waals surface area contributed by atoms with Crippen LogP contribution in [0.1, 0.15) is 0 Å². The summed E-state index contributed by atoms with van der Waals surface area (Å²) < 4.78 is 30.1. The van der Waals surface area contributed by atoms with Gasteiger partial charge in [0.1, 0.15) is 25.5 Å². The minimum absolute atomic E-state index is 0.00756. The van der Waals surface area contributed by atoms with E-state index in [-0.39, 0.29) is 24.0 Å². The third kappa shape index (κ3) is 3.14.